The lowest BCUT2D eigenvalue weighted by atomic mass is 10.1. The SMILES string of the molecule is CCOC(=O)c1ccc(NC(=O)c2ccc(OCC)c(S(=O)(=O)NC(C)C)c2)cc1. The number of anilines is 1. The minimum atomic E-state index is -3.87. The molecule has 1 amide bonds. The van der Waals surface area contributed by atoms with Crippen LogP contribution in [-0.4, -0.2) is 39.5 Å². The van der Waals surface area contributed by atoms with Crippen molar-refractivity contribution >= 4 is 27.6 Å². The van der Waals surface area contributed by atoms with E-state index in [9.17, 15) is 18.0 Å². The molecular weight excluding hydrogens is 408 g/mol. The number of benzene rings is 2. The van der Waals surface area contributed by atoms with E-state index in [-0.39, 0.29) is 35.5 Å². The summed E-state index contributed by atoms with van der Waals surface area (Å²) in [5.74, 6) is -0.779. The highest BCUT2D eigenvalue weighted by molar-refractivity contribution is 7.89. The van der Waals surface area contributed by atoms with Gasteiger partial charge in [-0.05, 0) is 70.2 Å². The van der Waals surface area contributed by atoms with E-state index >= 15 is 0 Å². The predicted octanol–water partition coefficient (Wildman–Crippen LogP) is 3.20. The quantitative estimate of drug-likeness (QED) is 0.587. The van der Waals surface area contributed by atoms with Crippen LogP contribution in [-0.2, 0) is 14.8 Å². The van der Waals surface area contributed by atoms with Crippen molar-refractivity contribution in [1.82, 2.24) is 4.72 Å². The second-order valence-corrected chi connectivity index (χ2v) is 8.30. The van der Waals surface area contributed by atoms with Gasteiger partial charge in [-0.3, -0.25) is 4.79 Å². The summed E-state index contributed by atoms with van der Waals surface area (Å²) in [6, 6.07) is 10.1. The molecule has 162 valence electrons. The van der Waals surface area contributed by atoms with Gasteiger partial charge < -0.3 is 14.8 Å². The number of hydrogen-bond acceptors (Lipinski definition) is 6. The van der Waals surface area contributed by atoms with E-state index in [0.717, 1.165) is 0 Å². The number of ether oxygens (including phenoxy) is 2. The summed E-state index contributed by atoms with van der Waals surface area (Å²) in [4.78, 5) is 24.2. The molecule has 0 aromatic heterocycles. The Morgan fingerprint density at radius 3 is 2.17 bits per heavy atom. The van der Waals surface area contributed by atoms with Crippen molar-refractivity contribution in [3.63, 3.8) is 0 Å². The van der Waals surface area contributed by atoms with Gasteiger partial charge in [0.25, 0.3) is 5.91 Å². The van der Waals surface area contributed by atoms with E-state index in [1.165, 1.54) is 30.3 Å². The molecule has 0 radical (unpaired) electrons. The Morgan fingerprint density at radius 1 is 0.967 bits per heavy atom. The normalized spacial score (nSPS) is 11.2. The number of sulfonamides is 1. The molecule has 0 heterocycles. The third-order valence-electron chi connectivity index (χ3n) is 3.84. The Morgan fingerprint density at radius 2 is 1.60 bits per heavy atom. The summed E-state index contributed by atoms with van der Waals surface area (Å²) in [5.41, 5.74) is 0.966. The van der Waals surface area contributed by atoms with Crippen LogP contribution in [0.3, 0.4) is 0 Å². The lowest BCUT2D eigenvalue weighted by Crippen LogP contribution is -2.30. The molecule has 2 aromatic rings. The summed E-state index contributed by atoms with van der Waals surface area (Å²) in [5, 5.41) is 2.68. The minimum Gasteiger partial charge on any atom is -0.492 e. The van der Waals surface area contributed by atoms with Gasteiger partial charge in [-0.25, -0.2) is 17.9 Å². The second-order valence-electron chi connectivity index (χ2n) is 6.62. The molecule has 0 aliphatic carbocycles. The Hall–Kier alpha value is -2.91. The van der Waals surface area contributed by atoms with Crippen LogP contribution in [0.4, 0.5) is 5.69 Å². The van der Waals surface area contributed by atoms with Crippen molar-refractivity contribution in [2.24, 2.45) is 0 Å². The van der Waals surface area contributed by atoms with E-state index in [1.807, 2.05) is 0 Å². The zero-order chi connectivity index (χ0) is 22.3. The van der Waals surface area contributed by atoms with Gasteiger partial charge in [0.1, 0.15) is 10.6 Å². The summed E-state index contributed by atoms with van der Waals surface area (Å²) in [7, 11) is -3.87. The van der Waals surface area contributed by atoms with Gasteiger partial charge in [0, 0.05) is 17.3 Å². The van der Waals surface area contributed by atoms with Crippen molar-refractivity contribution in [3.8, 4) is 5.75 Å². The fourth-order valence-electron chi connectivity index (χ4n) is 2.62. The van der Waals surface area contributed by atoms with Crippen molar-refractivity contribution in [2.75, 3.05) is 18.5 Å². The topological polar surface area (TPSA) is 111 Å². The van der Waals surface area contributed by atoms with Crippen molar-refractivity contribution < 1.29 is 27.5 Å². The van der Waals surface area contributed by atoms with Gasteiger partial charge in [-0.2, -0.15) is 0 Å². The van der Waals surface area contributed by atoms with Crippen molar-refractivity contribution in [2.45, 2.75) is 38.6 Å². The second kappa shape index (κ2) is 10.2. The lowest BCUT2D eigenvalue weighted by Gasteiger charge is -2.15. The summed E-state index contributed by atoms with van der Waals surface area (Å²) < 4.78 is 38.2. The van der Waals surface area contributed by atoms with Gasteiger partial charge in [0.05, 0.1) is 18.8 Å². The first-order chi connectivity index (χ1) is 14.2. The van der Waals surface area contributed by atoms with Gasteiger partial charge >= 0.3 is 5.97 Å². The van der Waals surface area contributed by atoms with E-state index in [1.54, 1.807) is 39.8 Å². The molecule has 8 nitrogen and oxygen atoms in total. The maximum absolute atomic E-state index is 12.7. The fraction of sp³-hybridized carbons (Fsp3) is 0.333. The molecule has 0 fully saturated rings. The number of amides is 1. The van der Waals surface area contributed by atoms with Crippen LogP contribution in [0, 0.1) is 0 Å². The van der Waals surface area contributed by atoms with E-state index in [0.29, 0.717) is 11.3 Å². The molecule has 0 spiro atoms. The standard InChI is InChI=1S/C21H26N2O6S/c1-5-28-18-12-9-16(13-19(18)30(26,27)23-14(3)4)20(24)22-17-10-7-15(8-11-17)21(25)29-6-2/h7-14,23H,5-6H2,1-4H3,(H,22,24). The summed E-state index contributed by atoms with van der Waals surface area (Å²) in [6.07, 6.45) is 0. The fourth-order valence-corrected chi connectivity index (χ4v) is 4.04. The van der Waals surface area contributed by atoms with E-state index < -0.39 is 21.9 Å². The molecule has 0 aliphatic heterocycles. The number of rotatable bonds is 9. The predicted molar refractivity (Wildman–Crippen MR) is 113 cm³/mol. The molecule has 0 saturated heterocycles. The van der Waals surface area contributed by atoms with Crippen LogP contribution in [0.15, 0.2) is 47.4 Å². The first kappa shape index (κ1) is 23.4. The molecule has 0 atom stereocenters. The highest BCUT2D eigenvalue weighted by atomic mass is 32.2. The highest BCUT2D eigenvalue weighted by Gasteiger charge is 2.23. The average molecular weight is 435 g/mol. The molecule has 0 unspecified atom stereocenters. The zero-order valence-corrected chi connectivity index (χ0v) is 18.2. The third-order valence-corrected chi connectivity index (χ3v) is 5.52. The Bertz CT molecular complexity index is 1000. The van der Waals surface area contributed by atoms with Crippen LogP contribution in [0.1, 0.15) is 48.4 Å². The van der Waals surface area contributed by atoms with Crippen LogP contribution in [0.5, 0.6) is 5.75 Å². The molecule has 0 saturated carbocycles. The number of hydrogen-bond donors (Lipinski definition) is 2. The average Bonchev–Trinajstić information content (AvgIpc) is 2.68. The maximum atomic E-state index is 12.7. The largest absolute Gasteiger partial charge is 0.492 e. The Kier molecular flexibility index (Phi) is 7.96. The van der Waals surface area contributed by atoms with Crippen LogP contribution in [0.25, 0.3) is 0 Å². The van der Waals surface area contributed by atoms with Crippen LogP contribution < -0.4 is 14.8 Å². The molecule has 2 aromatic carbocycles. The summed E-state index contributed by atoms with van der Waals surface area (Å²) >= 11 is 0. The van der Waals surface area contributed by atoms with Crippen LogP contribution >= 0.6 is 0 Å². The summed E-state index contributed by atoms with van der Waals surface area (Å²) in [6.45, 7) is 7.42. The van der Waals surface area contributed by atoms with E-state index in [2.05, 4.69) is 10.0 Å². The van der Waals surface area contributed by atoms with Crippen LogP contribution in [0.2, 0.25) is 0 Å². The lowest BCUT2D eigenvalue weighted by molar-refractivity contribution is 0.0526. The first-order valence-electron chi connectivity index (χ1n) is 9.55. The number of carbonyl (C=O) groups is 2. The minimum absolute atomic E-state index is 0.108. The Labute approximate surface area is 176 Å². The first-order valence-corrected chi connectivity index (χ1v) is 11.0. The highest BCUT2D eigenvalue weighted by Crippen LogP contribution is 2.26. The third kappa shape index (κ3) is 6.04. The number of esters is 1. The Balaban J connectivity index is 2.27. The van der Waals surface area contributed by atoms with Crippen molar-refractivity contribution in [3.05, 3.63) is 53.6 Å². The molecule has 30 heavy (non-hydrogen) atoms. The molecular formula is C21H26N2O6S. The van der Waals surface area contributed by atoms with Gasteiger partial charge in [0.2, 0.25) is 10.0 Å². The molecule has 0 aliphatic rings. The molecule has 9 heteroatoms. The number of carbonyl (C=O) groups excluding carboxylic acids is 2. The van der Waals surface area contributed by atoms with Gasteiger partial charge in [0.15, 0.2) is 0 Å². The van der Waals surface area contributed by atoms with Gasteiger partial charge in [-0.1, -0.05) is 0 Å². The monoisotopic (exact) mass is 434 g/mol. The smallest absolute Gasteiger partial charge is 0.338 e. The molecule has 0 bridgehead atoms. The van der Waals surface area contributed by atoms with Gasteiger partial charge in [-0.15, -0.1) is 0 Å². The zero-order valence-electron chi connectivity index (χ0n) is 17.4. The maximum Gasteiger partial charge on any atom is 0.338 e. The van der Waals surface area contributed by atoms with Crippen molar-refractivity contribution in [1.29, 1.82) is 0 Å². The molecule has 2 rings (SSSR count). The van der Waals surface area contributed by atoms with E-state index in [4.69, 9.17) is 9.47 Å². The molecule has 2 N–H and O–H groups in total. The number of nitrogens with one attached hydrogen (secondary N) is 2.